The number of ether oxygens (including phenoxy) is 2. The van der Waals surface area contributed by atoms with Crippen molar-refractivity contribution in [3.63, 3.8) is 0 Å². The summed E-state index contributed by atoms with van der Waals surface area (Å²) >= 11 is 0. The number of hydrogen-bond acceptors (Lipinski definition) is 5. The van der Waals surface area contributed by atoms with Gasteiger partial charge in [-0.25, -0.2) is 0 Å². The monoisotopic (exact) mass is 425 g/mol. The average Bonchev–Trinajstić information content (AvgIpc) is 2.70. The van der Waals surface area contributed by atoms with Crippen molar-refractivity contribution < 1.29 is 19.1 Å². The molecule has 0 unspecified atom stereocenters. The van der Waals surface area contributed by atoms with Crippen molar-refractivity contribution in [3.8, 4) is 11.5 Å². The van der Waals surface area contributed by atoms with Gasteiger partial charge in [0, 0.05) is 12.7 Å². The predicted molar refractivity (Wildman–Crippen MR) is 121 cm³/mol. The Hall–Kier alpha value is -3.06. The number of nitrogens with zero attached hydrogens (tertiary/aromatic N) is 2. The highest BCUT2D eigenvalue weighted by Crippen LogP contribution is 2.31. The third-order valence-electron chi connectivity index (χ3n) is 5.23. The van der Waals surface area contributed by atoms with Crippen LogP contribution in [0.3, 0.4) is 0 Å². The molecule has 1 N–H and O–H groups in total. The van der Waals surface area contributed by atoms with E-state index in [0.717, 1.165) is 28.1 Å². The Balaban J connectivity index is 1.47. The number of aryl methyl sites for hydroxylation is 3. The van der Waals surface area contributed by atoms with E-state index in [4.69, 9.17) is 9.47 Å². The number of fused-ring (bicyclic) bond motifs is 1. The zero-order valence-electron chi connectivity index (χ0n) is 18.9. The maximum atomic E-state index is 12.6. The number of hydrogen-bond donors (Lipinski definition) is 1. The summed E-state index contributed by atoms with van der Waals surface area (Å²) in [6.07, 6.45) is -0.232. The van der Waals surface area contributed by atoms with E-state index in [9.17, 15) is 9.59 Å². The SMILES string of the molecule is Cc1cc(C)c(NC(=O)CN(C)CC(=O)N(C)C[C@@H]2COc3ccccc3O2)c(C)c1. The van der Waals surface area contributed by atoms with Crippen LogP contribution in [0.4, 0.5) is 5.69 Å². The number of rotatable bonds is 7. The van der Waals surface area contributed by atoms with Gasteiger partial charge >= 0.3 is 0 Å². The lowest BCUT2D eigenvalue weighted by atomic mass is 10.1. The first kappa shape index (κ1) is 22.6. The number of benzene rings is 2. The van der Waals surface area contributed by atoms with E-state index in [1.54, 1.807) is 23.9 Å². The summed E-state index contributed by atoms with van der Waals surface area (Å²) in [5.41, 5.74) is 4.05. The zero-order chi connectivity index (χ0) is 22.5. The van der Waals surface area contributed by atoms with Crippen molar-refractivity contribution in [1.82, 2.24) is 9.80 Å². The Kier molecular flexibility index (Phi) is 7.17. The second kappa shape index (κ2) is 9.83. The number of carbonyl (C=O) groups excluding carboxylic acids is 2. The minimum atomic E-state index is -0.232. The van der Waals surface area contributed by atoms with Gasteiger partial charge in [-0.05, 0) is 51.1 Å². The van der Waals surface area contributed by atoms with Gasteiger partial charge in [-0.1, -0.05) is 29.8 Å². The molecule has 1 heterocycles. The molecule has 2 amide bonds. The van der Waals surface area contributed by atoms with Crippen molar-refractivity contribution in [2.75, 3.05) is 45.7 Å². The standard InChI is InChI=1S/C24H31N3O4/c1-16-10-17(2)24(18(3)11-16)25-22(28)13-26(4)14-23(29)27(5)12-19-15-30-20-8-6-7-9-21(20)31-19/h6-11,19H,12-15H2,1-5H3,(H,25,28)/t19-/m1/s1. The van der Waals surface area contributed by atoms with Crippen molar-refractivity contribution in [2.24, 2.45) is 0 Å². The van der Waals surface area contributed by atoms with Crippen LogP contribution in [0.25, 0.3) is 0 Å². The number of para-hydroxylation sites is 2. The molecule has 0 saturated heterocycles. The average molecular weight is 426 g/mol. The van der Waals surface area contributed by atoms with Crippen molar-refractivity contribution >= 4 is 17.5 Å². The second-order valence-electron chi connectivity index (χ2n) is 8.27. The number of anilines is 1. The van der Waals surface area contributed by atoms with Crippen LogP contribution >= 0.6 is 0 Å². The van der Waals surface area contributed by atoms with E-state index in [-0.39, 0.29) is 31.0 Å². The minimum Gasteiger partial charge on any atom is -0.486 e. The number of likely N-dealkylation sites (N-methyl/N-ethyl adjacent to an activating group) is 2. The summed E-state index contributed by atoms with van der Waals surface area (Å²) in [5.74, 6) is 1.18. The molecule has 3 rings (SSSR count). The van der Waals surface area contributed by atoms with E-state index in [1.807, 2.05) is 57.2 Å². The molecular formula is C24H31N3O4. The fraction of sp³-hybridized carbons (Fsp3) is 0.417. The van der Waals surface area contributed by atoms with Crippen LogP contribution in [0.15, 0.2) is 36.4 Å². The van der Waals surface area contributed by atoms with Gasteiger partial charge in [0.25, 0.3) is 0 Å². The molecule has 0 aromatic heterocycles. The molecule has 0 spiro atoms. The summed E-state index contributed by atoms with van der Waals surface area (Å²) in [6, 6.07) is 11.6. The highest BCUT2D eigenvalue weighted by atomic mass is 16.6. The first-order valence-corrected chi connectivity index (χ1v) is 10.4. The van der Waals surface area contributed by atoms with Gasteiger partial charge in [-0.15, -0.1) is 0 Å². The quantitative estimate of drug-likeness (QED) is 0.739. The molecule has 7 heteroatoms. The molecule has 31 heavy (non-hydrogen) atoms. The van der Waals surface area contributed by atoms with Crippen LogP contribution in [-0.2, 0) is 9.59 Å². The van der Waals surface area contributed by atoms with Gasteiger partial charge < -0.3 is 19.7 Å². The van der Waals surface area contributed by atoms with Crippen LogP contribution in [0, 0.1) is 20.8 Å². The second-order valence-corrected chi connectivity index (χ2v) is 8.27. The smallest absolute Gasteiger partial charge is 0.238 e. The summed E-state index contributed by atoms with van der Waals surface area (Å²) in [5, 5.41) is 2.97. The van der Waals surface area contributed by atoms with E-state index >= 15 is 0 Å². The number of nitrogens with one attached hydrogen (secondary N) is 1. The Morgan fingerprint density at radius 3 is 2.35 bits per heavy atom. The molecule has 0 radical (unpaired) electrons. The molecule has 0 fully saturated rings. The molecule has 166 valence electrons. The van der Waals surface area contributed by atoms with Gasteiger partial charge in [-0.3, -0.25) is 14.5 Å². The molecule has 7 nitrogen and oxygen atoms in total. The molecular weight excluding hydrogens is 394 g/mol. The lowest BCUT2D eigenvalue weighted by Crippen LogP contribution is -2.45. The van der Waals surface area contributed by atoms with E-state index in [0.29, 0.717) is 18.9 Å². The van der Waals surface area contributed by atoms with Gasteiger partial charge in [0.15, 0.2) is 17.6 Å². The van der Waals surface area contributed by atoms with E-state index in [1.165, 1.54) is 0 Å². The van der Waals surface area contributed by atoms with E-state index in [2.05, 4.69) is 5.32 Å². The van der Waals surface area contributed by atoms with Crippen LogP contribution in [0.5, 0.6) is 11.5 Å². The van der Waals surface area contributed by atoms with Crippen molar-refractivity contribution in [2.45, 2.75) is 26.9 Å². The Morgan fingerprint density at radius 2 is 1.68 bits per heavy atom. The molecule has 0 bridgehead atoms. The summed E-state index contributed by atoms with van der Waals surface area (Å²) in [4.78, 5) is 28.4. The summed E-state index contributed by atoms with van der Waals surface area (Å²) in [7, 11) is 3.50. The fourth-order valence-electron chi connectivity index (χ4n) is 3.77. The molecule has 1 atom stereocenters. The van der Waals surface area contributed by atoms with E-state index < -0.39 is 0 Å². The Bertz CT molecular complexity index is 937. The molecule has 0 aliphatic carbocycles. The highest BCUT2D eigenvalue weighted by molar-refractivity contribution is 5.94. The maximum absolute atomic E-state index is 12.6. The van der Waals surface area contributed by atoms with Gasteiger partial charge in [0.1, 0.15) is 6.61 Å². The zero-order valence-corrected chi connectivity index (χ0v) is 18.9. The lowest BCUT2D eigenvalue weighted by molar-refractivity contribution is -0.132. The Labute approximate surface area is 183 Å². The number of amides is 2. The van der Waals surface area contributed by atoms with Gasteiger partial charge in [0.05, 0.1) is 19.6 Å². The number of carbonyl (C=O) groups is 2. The molecule has 1 aliphatic heterocycles. The molecule has 2 aromatic carbocycles. The summed E-state index contributed by atoms with van der Waals surface area (Å²) in [6.45, 7) is 7.06. The minimum absolute atomic E-state index is 0.0829. The molecule has 0 saturated carbocycles. The van der Waals surface area contributed by atoms with Crippen LogP contribution < -0.4 is 14.8 Å². The predicted octanol–water partition coefficient (Wildman–Crippen LogP) is 2.78. The lowest BCUT2D eigenvalue weighted by Gasteiger charge is -2.30. The van der Waals surface area contributed by atoms with Crippen LogP contribution in [0.2, 0.25) is 0 Å². The molecule has 2 aromatic rings. The summed E-state index contributed by atoms with van der Waals surface area (Å²) < 4.78 is 11.6. The van der Waals surface area contributed by atoms with Crippen LogP contribution in [-0.4, -0.2) is 68.1 Å². The third kappa shape index (κ3) is 5.98. The van der Waals surface area contributed by atoms with Gasteiger partial charge in [-0.2, -0.15) is 0 Å². The van der Waals surface area contributed by atoms with Crippen LogP contribution in [0.1, 0.15) is 16.7 Å². The van der Waals surface area contributed by atoms with Gasteiger partial charge in [0.2, 0.25) is 11.8 Å². The maximum Gasteiger partial charge on any atom is 0.238 e. The normalized spacial score (nSPS) is 15.0. The van der Waals surface area contributed by atoms with Crippen molar-refractivity contribution in [3.05, 3.63) is 53.1 Å². The molecule has 1 aliphatic rings. The highest BCUT2D eigenvalue weighted by Gasteiger charge is 2.24. The van der Waals surface area contributed by atoms with Crippen molar-refractivity contribution in [1.29, 1.82) is 0 Å². The Morgan fingerprint density at radius 1 is 1.03 bits per heavy atom. The largest absolute Gasteiger partial charge is 0.486 e. The first-order valence-electron chi connectivity index (χ1n) is 10.4. The fourth-order valence-corrected chi connectivity index (χ4v) is 3.77. The third-order valence-corrected chi connectivity index (χ3v) is 5.23. The topological polar surface area (TPSA) is 71.1 Å². The first-order chi connectivity index (χ1) is 14.7.